The van der Waals surface area contributed by atoms with Crippen molar-refractivity contribution in [3.05, 3.63) is 33.3 Å². The van der Waals surface area contributed by atoms with Crippen LogP contribution in [0.2, 0.25) is 0 Å². The summed E-state index contributed by atoms with van der Waals surface area (Å²) in [7, 11) is 0. The van der Waals surface area contributed by atoms with E-state index in [9.17, 15) is 43.9 Å². The SMILES string of the molecule is FC(F)(F)c1cc(Br)c(CC(Cl)(Cl)Cl)c(C(F)(C(F)(F)F)C(F)(F)F)c1. The van der Waals surface area contributed by atoms with Gasteiger partial charge in [-0.2, -0.15) is 39.5 Å². The molecular weight excluding hydrogens is 520 g/mol. The lowest BCUT2D eigenvalue weighted by Gasteiger charge is -2.33. The number of hydrogen-bond acceptors (Lipinski definition) is 0. The molecule has 0 heterocycles. The van der Waals surface area contributed by atoms with Crippen LogP contribution in [0.25, 0.3) is 0 Å². The average Bonchev–Trinajstić information content (AvgIpc) is 2.34. The van der Waals surface area contributed by atoms with E-state index in [2.05, 4.69) is 15.9 Å². The first kappa shape index (κ1) is 23.9. The van der Waals surface area contributed by atoms with Gasteiger partial charge < -0.3 is 0 Å². The van der Waals surface area contributed by atoms with Crippen LogP contribution in [-0.2, 0) is 18.3 Å². The Morgan fingerprint density at radius 2 is 1.19 bits per heavy atom. The van der Waals surface area contributed by atoms with Gasteiger partial charge in [0.25, 0.3) is 0 Å². The summed E-state index contributed by atoms with van der Waals surface area (Å²) < 4.78 is 127. The van der Waals surface area contributed by atoms with E-state index in [0.29, 0.717) is 0 Å². The van der Waals surface area contributed by atoms with Gasteiger partial charge in [-0.15, -0.1) is 0 Å². The lowest BCUT2D eigenvalue weighted by atomic mass is 9.87. The Balaban J connectivity index is 3.98. The Morgan fingerprint density at radius 3 is 1.50 bits per heavy atom. The van der Waals surface area contributed by atoms with Gasteiger partial charge in [-0.3, -0.25) is 0 Å². The lowest BCUT2D eigenvalue weighted by Crippen LogP contribution is -2.51. The highest BCUT2D eigenvalue weighted by atomic mass is 79.9. The van der Waals surface area contributed by atoms with Gasteiger partial charge in [-0.1, -0.05) is 50.7 Å². The Labute approximate surface area is 162 Å². The molecule has 0 radical (unpaired) electrons. The Hall–Kier alpha value is -0.130. The summed E-state index contributed by atoms with van der Waals surface area (Å²) in [6, 6.07) is -0.445. The molecule has 14 heteroatoms. The molecule has 0 aliphatic heterocycles. The minimum absolute atomic E-state index is 0.155. The zero-order valence-electron chi connectivity index (χ0n) is 11.7. The van der Waals surface area contributed by atoms with E-state index in [4.69, 9.17) is 34.8 Å². The third-order valence-corrected chi connectivity index (χ3v) is 4.16. The van der Waals surface area contributed by atoms with E-state index >= 15 is 0 Å². The fraction of sp³-hybridized carbons (Fsp3) is 0.500. The van der Waals surface area contributed by atoms with Gasteiger partial charge in [0.05, 0.1) is 5.56 Å². The summed E-state index contributed by atoms with van der Waals surface area (Å²) in [5.74, 6) is 0. The van der Waals surface area contributed by atoms with Gasteiger partial charge >= 0.3 is 24.2 Å². The summed E-state index contributed by atoms with van der Waals surface area (Å²) in [5, 5.41) is 0. The Kier molecular flexibility index (Phi) is 6.47. The van der Waals surface area contributed by atoms with Crippen molar-refractivity contribution in [3.8, 4) is 0 Å². The third-order valence-electron chi connectivity index (χ3n) is 3.05. The molecule has 150 valence electrons. The molecule has 0 aromatic heterocycles. The highest BCUT2D eigenvalue weighted by Crippen LogP contribution is 2.56. The standard InChI is InChI=1S/C12H4BrCl3F10/c13-7-2-4(10(18,19)20)1-6(5(7)3-8(14,15)16)9(17,11(21,22)23)12(24,25)26/h1-2H,3H2. The van der Waals surface area contributed by atoms with Crippen LogP contribution >= 0.6 is 50.7 Å². The van der Waals surface area contributed by atoms with E-state index in [0.717, 1.165) is 0 Å². The number of alkyl halides is 13. The molecule has 0 amide bonds. The Bertz CT molecular complexity index is 658. The summed E-state index contributed by atoms with van der Waals surface area (Å²) >= 11 is 18.4. The molecule has 0 atom stereocenters. The van der Waals surface area contributed by atoms with Crippen LogP contribution in [0.4, 0.5) is 43.9 Å². The van der Waals surface area contributed by atoms with E-state index in [1.807, 2.05) is 0 Å². The van der Waals surface area contributed by atoms with Crippen molar-refractivity contribution >= 4 is 50.7 Å². The first-order chi connectivity index (χ1) is 11.2. The van der Waals surface area contributed by atoms with Crippen LogP contribution in [-0.4, -0.2) is 16.1 Å². The summed E-state index contributed by atoms with van der Waals surface area (Å²) in [5.41, 5.74) is -11.7. The predicted octanol–water partition coefficient (Wildman–Crippen LogP) is 7.67. The lowest BCUT2D eigenvalue weighted by molar-refractivity contribution is -0.349. The van der Waals surface area contributed by atoms with Crippen molar-refractivity contribution in [3.63, 3.8) is 0 Å². The highest BCUT2D eigenvalue weighted by molar-refractivity contribution is 9.10. The van der Waals surface area contributed by atoms with Crippen LogP contribution in [0.5, 0.6) is 0 Å². The maximum Gasteiger partial charge on any atom is 0.435 e. The number of benzene rings is 1. The third kappa shape index (κ3) is 4.82. The first-order valence-corrected chi connectivity index (χ1v) is 7.93. The van der Waals surface area contributed by atoms with Crippen molar-refractivity contribution in [2.75, 3.05) is 0 Å². The minimum Gasteiger partial charge on any atom is -0.218 e. The molecule has 1 aromatic carbocycles. The highest BCUT2D eigenvalue weighted by Gasteiger charge is 2.74. The fourth-order valence-electron chi connectivity index (χ4n) is 1.95. The zero-order chi connectivity index (χ0) is 20.9. The monoisotopic (exact) mass is 522 g/mol. The van der Waals surface area contributed by atoms with Gasteiger partial charge in [0.2, 0.25) is 0 Å². The van der Waals surface area contributed by atoms with E-state index in [1.54, 1.807) is 0 Å². The van der Waals surface area contributed by atoms with Crippen LogP contribution in [0.15, 0.2) is 16.6 Å². The molecule has 0 spiro atoms. The molecule has 1 aromatic rings. The van der Waals surface area contributed by atoms with Crippen LogP contribution in [0.3, 0.4) is 0 Å². The maximum atomic E-state index is 14.4. The van der Waals surface area contributed by atoms with Crippen molar-refractivity contribution in [2.24, 2.45) is 0 Å². The fourth-order valence-corrected chi connectivity index (χ4v) is 2.96. The van der Waals surface area contributed by atoms with E-state index in [1.165, 1.54) is 0 Å². The molecule has 0 N–H and O–H groups in total. The minimum atomic E-state index is -6.64. The van der Waals surface area contributed by atoms with Crippen LogP contribution < -0.4 is 0 Å². The molecule has 0 nitrogen and oxygen atoms in total. The van der Waals surface area contributed by atoms with Crippen molar-refractivity contribution < 1.29 is 43.9 Å². The molecule has 0 saturated carbocycles. The van der Waals surface area contributed by atoms with Gasteiger partial charge in [0.15, 0.2) is 3.79 Å². The summed E-state index contributed by atoms with van der Waals surface area (Å²) in [6.45, 7) is 0. The molecule has 0 aliphatic rings. The largest absolute Gasteiger partial charge is 0.435 e. The molecule has 0 bridgehead atoms. The first-order valence-electron chi connectivity index (χ1n) is 6.01. The number of halogens is 14. The molecule has 0 fully saturated rings. The Morgan fingerprint density at radius 1 is 0.769 bits per heavy atom. The van der Waals surface area contributed by atoms with Gasteiger partial charge in [-0.25, -0.2) is 4.39 Å². The second-order valence-corrected chi connectivity index (χ2v) is 8.30. The van der Waals surface area contributed by atoms with Crippen LogP contribution in [0, 0.1) is 0 Å². The maximum absolute atomic E-state index is 14.4. The predicted molar refractivity (Wildman–Crippen MR) is 78.0 cm³/mol. The van der Waals surface area contributed by atoms with E-state index < -0.39 is 61.6 Å². The molecule has 0 saturated heterocycles. The second kappa shape index (κ2) is 7.04. The number of hydrogen-bond donors (Lipinski definition) is 0. The molecule has 1 rings (SSSR count). The van der Waals surface area contributed by atoms with Crippen LogP contribution in [0.1, 0.15) is 16.7 Å². The normalized spacial score (nSPS) is 14.7. The smallest absolute Gasteiger partial charge is 0.218 e. The quantitative estimate of drug-likeness (QED) is 0.275. The van der Waals surface area contributed by atoms with Crippen molar-refractivity contribution in [2.45, 2.75) is 34.4 Å². The molecule has 0 aliphatic carbocycles. The topological polar surface area (TPSA) is 0 Å². The molecule has 26 heavy (non-hydrogen) atoms. The van der Waals surface area contributed by atoms with E-state index in [-0.39, 0.29) is 6.07 Å². The summed E-state index contributed by atoms with van der Waals surface area (Å²) in [6.07, 6.45) is -19.9. The van der Waals surface area contributed by atoms with Crippen molar-refractivity contribution in [1.29, 1.82) is 0 Å². The average molecular weight is 524 g/mol. The molecule has 0 unspecified atom stereocenters. The van der Waals surface area contributed by atoms with Gasteiger partial charge in [-0.05, 0) is 17.7 Å². The number of rotatable bonds is 2. The van der Waals surface area contributed by atoms with Gasteiger partial charge in [0.1, 0.15) is 0 Å². The van der Waals surface area contributed by atoms with Gasteiger partial charge in [0, 0.05) is 16.5 Å². The molecular formula is C12H4BrCl3F10. The summed E-state index contributed by atoms with van der Waals surface area (Å²) in [4.78, 5) is 0. The van der Waals surface area contributed by atoms with Crippen molar-refractivity contribution in [1.82, 2.24) is 0 Å². The second-order valence-electron chi connectivity index (χ2n) is 4.93. The zero-order valence-corrected chi connectivity index (χ0v) is 15.5.